The van der Waals surface area contributed by atoms with Crippen LogP contribution in [0.4, 0.5) is 10.2 Å². The van der Waals surface area contributed by atoms with Gasteiger partial charge in [-0.2, -0.15) is 5.10 Å². The highest BCUT2D eigenvalue weighted by molar-refractivity contribution is 5.92. The summed E-state index contributed by atoms with van der Waals surface area (Å²) in [5, 5.41) is 8.24. The Morgan fingerprint density at radius 2 is 1.83 bits per heavy atom. The van der Waals surface area contributed by atoms with Crippen molar-refractivity contribution in [2.24, 2.45) is 0 Å². The first kappa shape index (κ1) is 16.1. The van der Waals surface area contributed by atoms with Gasteiger partial charge in [0.1, 0.15) is 5.82 Å². The van der Waals surface area contributed by atoms with Crippen molar-refractivity contribution in [2.45, 2.75) is 6.92 Å². The Morgan fingerprint density at radius 1 is 1.08 bits per heavy atom. The minimum atomic E-state index is -0.329. The minimum absolute atomic E-state index is 0.104. The molecule has 0 atom stereocenters. The molecule has 1 aromatic heterocycles. The fourth-order valence-corrected chi connectivity index (χ4v) is 2.59. The van der Waals surface area contributed by atoms with E-state index in [9.17, 15) is 9.18 Å². The Kier molecular flexibility index (Phi) is 4.84. The molecule has 1 saturated heterocycles. The molecule has 1 aliphatic heterocycles. The maximum atomic E-state index is 13.6. The molecule has 124 valence electrons. The molecule has 1 aromatic carbocycles. The molecule has 2 heterocycles. The van der Waals surface area contributed by atoms with Crippen LogP contribution in [0.1, 0.15) is 11.3 Å². The molecule has 24 heavy (non-hydrogen) atoms. The first-order valence-corrected chi connectivity index (χ1v) is 7.90. The molecular formula is C18H19FN4O. The molecule has 0 bridgehead atoms. The van der Waals surface area contributed by atoms with Crippen molar-refractivity contribution in [3.8, 4) is 0 Å². The van der Waals surface area contributed by atoms with Gasteiger partial charge in [-0.15, -0.1) is 5.10 Å². The molecular weight excluding hydrogens is 307 g/mol. The van der Waals surface area contributed by atoms with Crippen molar-refractivity contribution in [3.05, 3.63) is 59.5 Å². The van der Waals surface area contributed by atoms with Crippen LogP contribution < -0.4 is 4.90 Å². The molecule has 5 nitrogen and oxygen atoms in total. The van der Waals surface area contributed by atoms with E-state index in [-0.39, 0.29) is 11.7 Å². The number of carbonyl (C=O) groups excluding carboxylic acids is 1. The lowest BCUT2D eigenvalue weighted by molar-refractivity contribution is -0.126. The standard InChI is InChI=1S/C18H19FN4O/c1-14-6-8-17(21-20-14)22-10-12-23(13-11-22)18(24)9-7-15-4-2-3-5-16(15)19/h2-9H,10-13H2,1H3/b9-7+. The van der Waals surface area contributed by atoms with Crippen LogP contribution in [0.25, 0.3) is 6.08 Å². The van der Waals surface area contributed by atoms with Crippen LogP contribution in [-0.4, -0.2) is 47.2 Å². The van der Waals surface area contributed by atoms with Gasteiger partial charge < -0.3 is 9.80 Å². The van der Waals surface area contributed by atoms with Crippen molar-refractivity contribution in [2.75, 3.05) is 31.1 Å². The molecule has 0 radical (unpaired) electrons. The number of aromatic nitrogens is 2. The first-order chi connectivity index (χ1) is 11.6. The van der Waals surface area contributed by atoms with Crippen LogP contribution in [0.15, 0.2) is 42.5 Å². The minimum Gasteiger partial charge on any atom is -0.352 e. The quantitative estimate of drug-likeness (QED) is 0.812. The highest BCUT2D eigenvalue weighted by Gasteiger charge is 2.20. The van der Waals surface area contributed by atoms with E-state index in [4.69, 9.17) is 0 Å². The highest BCUT2D eigenvalue weighted by Crippen LogP contribution is 2.13. The number of carbonyl (C=O) groups is 1. The van der Waals surface area contributed by atoms with E-state index in [0.717, 1.165) is 11.5 Å². The van der Waals surface area contributed by atoms with E-state index in [1.807, 2.05) is 19.1 Å². The van der Waals surface area contributed by atoms with Crippen LogP contribution >= 0.6 is 0 Å². The molecule has 1 fully saturated rings. The van der Waals surface area contributed by atoms with E-state index in [1.54, 1.807) is 23.1 Å². The van der Waals surface area contributed by atoms with Gasteiger partial charge in [0.15, 0.2) is 5.82 Å². The Labute approximate surface area is 140 Å². The number of benzene rings is 1. The third kappa shape index (κ3) is 3.76. The zero-order valence-electron chi connectivity index (χ0n) is 13.5. The summed E-state index contributed by atoms with van der Waals surface area (Å²) in [6, 6.07) is 10.3. The zero-order valence-corrected chi connectivity index (χ0v) is 13.5. The van der Waals surface area contributed by atoms with E-state index in [1.165, 1.54) is 18.2 Å². The predicted molar refractivity (Wildman–Crippen MR) is 91.0 cm³/mol. The summed E-state index contributed by atoms with van der Waals surface area (Å²) >= 11 is 0. The number of piperazine rings is 1. The van der Waals surface area contributed by atoms with Crippen LogP contribution in [-0.2, 0) is 4.79 Å². The van der Waals surface area contributed by atoms with Crippen molar-refractivity contribution in [1.82, 2.24) is 15.1 Å². The highest BCUT2D eigenvalue weighted by atomic mass is 19.1. The molecule has 0 aliphatic carbocycles. The predicted octanol–water partition coefficient (Wildman–Crippen LogP) is 2.29. The maximum absolute atomic E-state index is 13.6. The van der Waals surface area contributed by atoms with Gasteiger partial charge >= 0.3 is 0 Å². The Balaban J connectivity index is 1.57. The number of aryl methyl sites for hydroxylation is 1. The molecule has 0 spiro atoms. The van der Waals surface area contributed by atoms with Crippen LogP contribution in [0.3, 0.4) is 0 Å². The average Bonchev–Trinajstić information content (AvgIpc) is 2.62. The fourth-order valence-electron chi connectivity index (χ4n) is 2.59. The Bertz CT molecular complexity index is 737. The van der Waals surface area contributed by atoms with E-state index in [2.05, 4.69) is 15.1 Å². The number of hydrogen-bond donors (Lipinski definition) is 0. The number of nitrogens with zero attached hydrogens (tertiary/aromatic N) is 4. The number of rotatable bonds is 3. The van der Waals surface area contributed by atoms with Crippen LogP contribution in [0.2, 0.25) is 0 Å². The third-order valence-electron chi connectivity index (χ3n) is 4.01. The maximum Gasteiger partial charge on any atom is 0.246 e. The van der Waals surface area contributed by atoms with Crippen LogP contribution in [0, 0.1) is 12.7 Å². The third-order valence-corrected chi connectivity index (χ3v) is 4.01. The van der Waals surface area contributed by atoms with E-state index < -0.39 is 0 Å². The molecule has 2 aromatic rings. The molecule has 3 rings (SSSR count). The fraction of sp³-hybridized carbons (Fsp3) is 0.278. The summed E-state index contributed by atoms with van der Waals surface area (Å²) in [7, 11) is 0. The summed E-state index contributed by atoms with van der Waals surface area (Å²) in [6.07, 6.45) is 2.95. The monoisotopic (exact) mass is 326 g/mol. The lowest BCUT2D eigenvalue weighted by atomic mass is 10.2. The smallest absolute Gasteiger partial charge is 0.246 e. The van der Waals surface area contributed by atoms with Gasteiger partial charge in [0, 0.05) is 37.8 Å². The summed E-state index contributed by atoms with van der Waals surface area (Å²) in [5.74, 6) is 0.395. The number of anilines is 1. The lowest BCUT2D eigenvalue weighted by Gasteiger charge is -2.34. The summed E-state index contributed by atoms with van der Waals surface area (Å²) < 4.78 is 13.6. The number of hydrogen-bond acceptors (Lipinski definition) is 4. The molecule has 0 N–H and O–H groups in total. The van der Waals surface area contributed by atoms with Gasteiger partial charge in [-0.3, -0.25) is 4.79 Å². The summed E-state index contributed by atoms with van der Waals surface area (Å²) in [4.78, 5) is 16.1. The topological polar surface area (TPSA) is 49.3 Å². The van der Waals surface area contributed by atoms with Gasteiger partial charge in [0.2, 0.25) is 5.91 Å². The second kappa shape index (κ2) is 7.21. The second-order valence-electron chi connectivity index (χ2n) is 5.70. The van der Waals surface area contributed by atoms with Gasteiger partial charge in [0.05, 0.1) is 5.69 Å². The average molecular weight is 326 g/mol. The lowest BCUT2D eigenvalue weighted by Crippen LogP contribution is -2.48. The van der Waals surface area contributed by atoms with Gasteiger partial charge in [-0.05, 0) is 31.2 Å². The van der Waals surface area contributed by atoms with Crippen LogP contribution in [0.5, 0.6) is 0 Å². The van der Waals surface area contributed by atoms with Crippen molar-refractivity contribution in [1.29, 1.82) is 0 Å². The molecule has 1 amide bonds. The Morgan fingerprint density at radius 3 is 2.50 bits per heavy atom. The van der Waals surface area contributed by atoms with E-state index in [0.29, 0.717) is 31.7 Å². The van der Waals surface area contributed by atoms with Gasteiger partial charge in [0.25, 0.3) is 0 Å². The van der Waals surface area contributed by atoms with Crippen molar-refractivity contribution < 1.29 is 9.18 Å². The van der Waals surface area contributed by atoms with Gasteiger partial charge in [-0.25, -0.2) is 4.39 Å². The van der Waals surface area contributed by atoms with Crippen molar-refractivity contribution in [3.63, 3.8) is 0 Å². The molecule has 1 aliphatic rings. The van der Waals surface area contributed by atoms with E-state index >= 15 is 0 Å². The number of halogens is 1. The SMILES string of the molecule is Cc1ccc(N2CCN(C(=O)/C=C/c3ccccc3F)CC2)nn1. The normalized spacial score (nSPS) is 15.1. The first-order valence-electron chi connectivity index (χ1n) is 7.90. The zero-order chi connectivity index (χ0) is 16.9. The molecule has 0 unspecified atom stereocenters. The van der Waals surface area contributed by atoms with Crippen molar-refractivity contribution >= 4 is 17.8 Å². The number of amides is 1. The summed E-state index contributed by atoms with van der Waals surface area (Å²) in [5.41, 5.74) is 1.30. The largest absolute Gasteiger partial charge is 0.352 e. The molecule has 6 heteroatoms. The Hall–Kier alpha value is -2.76. The summed E-state index contributed by atoms with van der Waals surface area (Å²) in [6.45, 7) is 4.52. The van der Waals surface area contributed by atoms with Gasteiger partial charge in [-0.1, -0.05) is 18.2 Å². The molecule has 0 saturated carbocycles. The second-order valence-corrected chi connectivity index (χ2v) is 5.70.